The first-order chi connectivity index (χ1) is 5.97. The molecule has 2 aliphatic rings. The lowest BCUT2D eigenvalue weighted by molar-refractivity contribution is 0.162. The van der Waals surface area contributed by atoms with Gasteiger partial charge in [0.05, 0.1) is 0 Å². The highest BCUT2D eigenvalue weighted by molar-refractivity contribution is 5.11. The van der Waals surface area contributed by atoms with Gasteiger partial charge in [0.2, 0.25) is 0 Å². The molecule has 13 heavy (non-hydrogen) atoms. The first kappa shape index (κ1) is 9.51. The molecule has 76 valence electrons. The van der Waals surface area contributed by atoms with E-state index in [9.17, 15) is 0 Å². The normalized spacial score (nSPS) is 42.7. The molecular formula is C12H23N. The first-order valence-corrected chi connectivity index (χ1v) is 5.63. The van der Waals surface area contributed by atoms with E-state index in [-0.39, 0.29) is 0 Å². The minimum Gasteiger partial charge on any atom is -0.306 e. The van der Waals surface area contributed by atoms with E-state index in [0.29, 0.717) is 5.41 Å². The third-order valence-corrected chi connectivity index (χ3v) is 4.73. The Bertz CT molecular complexity index is 197. The molecule has 0 N–H and O–H groups in total. The molecule has 0 saturated heterocycles. The molecule has 0 unspecified atom stereocenters. The van der Waals surface area contributed by atoms with Crippen LogP contribution in [0.25, 0.3) is 0 Å². The van der Waals surface area contributed by atoms with Gasteiger partial charge in [-0.2, -0.15) is 0 Å². The average Bonchev–Trinajstić information content (AvgIpc) is 2.53. The van der Waals surface area contributed by atoms with Crippen LogP contribution in [0.5, 0.6) is 0 Å². The molecule has 0 heterocycles. The Hall–Kier alpha value is -0.0400. The smallest absolute Gasteiger partial charge is 0.00895 e. The molecule has 2 saturated carbocycles. The molecule has 2 rings (SSSR count). The van der Waals surface area contributed by atoms with Gasteiger partial charge < -0.3 is 4.90 Å². The zero-order valence-electron chi connectivity index (χ0n) is 9.56. The fraction of sp³-hybridized carbons (Fsp3) is 1.00. The summed E-state index contributed by atoms with van der Waals surface area (Å²) < 4.78 is 0. The molecule has 0 amide bonds. The molecular weight excluding hydrogens is 158 g/mol. The second-order valence-electron chi connectivity index (χ2n) is 6.04. The van der Waals surface area contributed by atoms with Gasteiger partial charge in [-0.05, 0) is 57.0 Å². The van der Waals surface area contributed by atoms with Gasteiger partial charge in [0.25, 0.3) is 0 Å². The lowest BCUT2D eigenvalue weighted by atomic mass is 9.78. The second-order valence-corrected chi connectivity index (χ2v) is 6.04. The van der Waals surface area contributed by atoms with Crippen molar-refractivity contribution in [3.8, 4) is 0 Å². The summed E-state index contributed by atoms with van der Waals surface area (Å²) in [6, 6.07) is 0.863. The molecule has 0 aliphatic heterocycles. The highest BCUT2D eigenvalue weighted by Gasteiger charge is 2.60. The van der Waals surface area contributed by atoms with Crippen molar-refractivity contribution in [3.63, 3.8) is 0 Å². The van der Waals surface area contributed by atoms with Crippen molar-refractivity contribution in [1.82, 2.24) is 4.90 Å². The number of rotatable bonds is 1. The molecule has 1 spiro atoms. The van der Waals surface area contributed by atoms with Crippen molar-refractivity contribution in [2.24, 2.45) is 10.8 Å². The fourth-order valence-electron chi connectivity index (χ4n) is 3.33. The maximum Gasteiger partial charge on any atom is 0.00895 e. The Morgan fingerprint density at radius 3 is 1.85 bits per heavy atom. The summed E-state index contributed by atoms with van der Waals surface area (Å²) in [7, 11) is 4.45. The van der Waals surface area contributed by atoms with Gasteiger partial charge in [0.1, 0.15) is 0 Å². The van der Waals surface area contributed by atoms with Crippen molar-refractivity contribution < 1.29 is 0 Å². The molecule has 0 aromatic carbocycles. The molecule has 1 nitrogen and oxygen atoms in total. The molecule has 0 atom stereocenters. The third kappa shape index (κ3) is 1.41. The minimum absolute atomic E-state index is 0.671. The van der Waals surface area contributed by atoms with Gasteiger partial charge >= 0.3 is 0 Å². The Morgan fingerprint density at radius 2 is 1.54 bits per heavy atom. The van der Waals surface area contributed by atoms with E-state index in [1.807, 2.05) is 0 Å². The molecule has 2 fully saturated rings. The van der Waals surface area contributed by atoms with Gasteiger partial charge in [-0.3, -0.25) is 0 Å². The second kappa shape index (κ2) is 2.73. The molecule has 2 aliphatic carbocycles. The van der Waals surface area contributed by atoms with E-state index in [1.165, 1.54) is 32.1 Å². The molecule has 0 radical (unpaired) electrons. The largest absolute Gasteiger partial charge is 0.306 e. The summed E-state index contributed by atoms with van der Waals surface area (Å²) in [6.07, 6.45) is 7.29. The lowest BCUT2D eigenvalue weighted by Gasteiger charge is -2.34. The average molecular weight is 181 g/mol. The number of hydrogen-bond acceptors (Lipinski definition) is 1. The van der Waals surface area contributed by atoms with Crippen LogP contribution in [-0.4, -0.2) is 25.0 Å². The quantitative estimate of drug-likeness (QED) is 0.601. The van der Waals surface area contributed by atoms with Gasteiger partial charge in [-0.15, -0.1) is 0 Å². The van der Waals surface area contributed by atoms with E-state index in [2.05, 4.69) is 32.8 Å². The summed E-state index contributed by atoms with van der Waals surface area (Å²) >= 11 is 0. The van der Waals surface area contributed by atoms with Gasteiger partial charge in [0.15, 0.2) is 0 Å². The summed E-state index contributed by atoms with van der Waals surface area (Å²) in [6.45, 7) is 4.89. The van der Waals surface area contributed by atoms with Crippen LogP contribution in [-0.2, 0) is 0 Å². The molecule has 0 aromatic rings. The predicted octanol–water partition coefficient (Wildman–Crippen LogP) is 2.91. The molecule has 0 aromatic heterocycles. The van der Waals surface area contributed by atoms with Crippen LogP contribution in [0.3, 0.4) is 0 Å². The van der Waals surface area contributed by atoms with E-state index in [1.54, 1.807) is 0 Å². The maximum atomic E-state index is 2.45. The van der Waals surface area contributed by atoms with Crippen molar-refractivity contribution in [1.29, 1.82) is 0 Å². The van der Waals surface area contributed by atoms with Crippen LogP contribution in [0.4, 0.5) is 0 Å². The summed E-state index contributed by atoms with van der Waals surface area (Å²) in [5, 5.41) is 0. The van der Waals surface area contributed by atoms with Crippen LogP contribution in [0.1, 0.15) is 46.0 Å². The zero-order chi connectivity index (χ0) is 9.69. The van der Waals surface area contributed by atoms with E-state index < -0.39 is 0 Å². The van der Waals surface area contributed by atoms with Crippen LogP contribution in [0, 0.1) is 10.8 Å². The van der Waals surface area contributed by atoms with E-state index >= 15 is 0 Å². The fourth-order valence-corrected chi connectivity index (χ4v) is 3.33. The highest BCUT2D eigenvalue weighted by atomic mass is 15.1. The maximum absolute atomic E-state index is 2.45. The Kier molecular flexibility index (Phi) is 1.99. The van der Waals surface area contributed by atoms with Gasteiger partial charge in [-0.1, -0.05) is 13.8 Å². The van der Waals surface area contributed by atoms with Crippen LogP contribution in [0.2, 0.25) is 0 Å². The Labute approximate surface area is 82.5 Å². The van der Waals surface area contributed by atoms with Crippen LogP contribution >= 0.6 is 0 Å². The van der Waals surface area contributed by atoms with Crippen LogP contribution in [0.15, 0.2) is 0 Å². The van der Waals surface area contributed by atoms with Crippen molar-refractivity contribution in [2.45, 2.75) is 52.0 Å². The Morgan fingerprint density at radius 1 is 1.08 bits per heavy atom. The Balaban J connectivity index is 1.91. The van der Waals surface area contributed by atoms with E-state index in [0.717, 1.165) is 11.5 Å². The van der Waals surface area contributed by atoms with Crippen molar-refractivity contribution >= 4 is 0 Å². The minimum atomic E-state index is 0.671. The molecule has 1 heteroatoms. The summed E-state index contributed by atoms with van der Waals surface area (Å²) in [4.78, 5) is 2.41. The zero-order valence-corrected chi connectivity index (χ0v) is 9.56. The first-order valence-electron chi connectivity index (χ1n) is 5.63. The summed E-state index contributed by atoms with van der Waals surface area (Å²) in [5.74, 6) is 0. The predicted molar refractivity (Wildman–Crippen MR) is 56.8 cm³/mol. The topological polar surface area (TPSA) is 3.24 Å². The lowest BCUT2D eigenvalue weighted by Crippen LogP contribution is -2.33. The number of hydrogen-bond donors (Lipinski definition) is 0. The number of nitrogens with zero attached hydrogens (tertiary/aromatic N) is 1. The van der Waals surface area contributed by atoms with E-state index in [4.69, 9.17) is 0 Å². The molecule has 0 bridgehead atoms. The van der Waals surface area contributed by atoms with Gasteiger partial charge in [0, 0.05) is 6.04 Å². The third-order valence-electron chi connectivity index (χ3n) is 4.73. The SMILES string of the molecule is CN(C)C1CCC2(CC1)CC2(C)C. The van der Waals surface area contributed by atoms with Crippen molar-refractivity contribution in [2.75, 3.05) is 14.1 Å². The monoisotopic (exact) mass is 181 g/mol. The standard InChI is InChI=1S/C12H23N/c1-11(2)9-12(11)7-5-10(6-8-12)13(3)4/h10H,5-9H2,1-4H3. The van der Waals surface area contributed by atoms with Gasteiger partial charge in [-0.25, -0.2) is 0 Å². The highest BCUT2D eigenvalue weighted by Crippen LogP contribution is 2.70. The van der Waals surface area contributed by atoms with Crippen molar-refractivity contribution in [3.05, 3.63) is 0 Å². The van der Waals surface area contributed by atoms with Crippen LogP contribution < -0.4 is 0 Å². The summed E-state index contributed by atoms with van der Waals surface area (Å²) in [5.41, 5.74) is 1.43.